The van der Waals surface area contributed by atoms with Crippen LogP contribution < -0.4 is 10.6 Å². The van der Waals surface area contributed by atoms with Crippen molar-refractivity contribution in [3.8, 4) is 0 Å². The van der Waals surface area contributed by atoms with Gasteiger partial charge in [-0.05, 0) is 38.0 Å². The molecule has 13 nitrogen and oxygen atoms in total. The number of pyridine rings is 1. The zero-order valence-electron chi connectivity index (χ0n) is 27.2. The van der Waals surface area contributed by atoms with Gasteiger partial charge in [-0.1, -0.05) is 43.7 Å². The van der Waals surface area contributed by atoms with Gasteiger partial charge in [0.25, 0.3) is 5.91 Å². The van der Waals surface area contributed by atoms with Crippen LogP contribution in [0.4, 0.5) is 14.9 Å². The van der Waals surface area contributed by atoms with Crippen LogP contribution in [0.5, 0.6) is 0 Å². The molecule has 2 aromatic rings. The molecule has 2 aliphatic heterocycles. The van der Waals surface area contributed by atoms with Crippen molar-refractivity contribution in [3.05, 3.63) is 78.3 Å². The van der Waals surface area contributed by atoms with Gasteiger partial charge >= 0.3 is 12.1 Å². The van der Waals surface area contributed by atoms with E-state index in [2.05, 4.69) is 20.6 Å². The lowest BCUT2D eigenvalue weighted by Crippen LogP contribution is -2.44. The zero-order valence-corrected chi connectivity index (χ0v) is 27.2. The van der Waals surface area contributed by atoms with Crippen LogP contribution in [-0.4, -0.2) is 88.0 Å². The molecule has 48 heavy (non-hydrogen) atoms. The topological polar surface area (TPSA) is 173 Å². The van der Waals surface area contributed by atoms with E-state index in [1.165, 1.54) is 23.2 Å². The molecule has 0 spiro atoms. The first kappa shape index (κ1) is 36.0. The minimum absolute atomic E-state index is 0.00633. The van der Waals surface area contributed by atoms with E-state index >= 15 is 0 Å². The quantitative estimate of drug-likeness (QED) is 0.406. The summed E-state index contributed by atoms with van der Waals surface area (Å²) >= 11 is 0. The van der Waals surface area contributed by atoms with Gasteiger partial charge < -0.3 is 29.2 Å². The van der Waals surface area contributed by atoms with Gasteiger partial charge in [0.05, 0.1) is 31.0 Å². The lowest BCUT2D eigenvalue weighted by atomic mass is 9.93. The van der Waals surface area contributed by atoms with Crippen molar-refractivity contribution in [1.82, 2.24) is 20.2 Å². The summed E-state index contributed by atoms with van der Waals surface area (Å²) in [5.41, 5.74) is 1.05. The van der Waals surface area contributed by atoms with Crippen molar-refractivity contribution in [2.75, 3.05) is 25.0 Å². The van der Waals surface area contributed by atoms with Gasteiger partial charge in [0.15, 0.2) is 11.6 Å². The van der Waals surface area contributed by atoms with Gasteiger partial charge in [-0.2, -0.15) is 0 Å². The number of cyclic esters (lactones) is 1. The second-order valence-electron chi connectivity index (χ2n) is 12.0. The van der Waals surface area contributed by atoms with Crippen molar-refractivity contribution >= 4 is 29.6 Å². The summed E-state index contributed by atoms with van der Waals surface area (Å²) in [4.78, 5) is 61.5. The van der Waals surface area contributed by atoms with Crippen molar-refractivity contribution in [2.45, 2.75) is 70.9 Å². The lowest BCUT2D eigenvalue weighted by molar-refractivity contribution is -0.159. The Labute approximate surface area is 278 Å². The Morgan fingerprint density at radius 2 is 2.10 bits per heavy atom. The van der Waals surface area contributed by atoms with Crippen LogP contribution in [0, 0.1) is 11.8 Å². The molecular formula is C34H42FN5O8. The third-order valence-electron chi connectivity index (χ3n) is 7.95. The molecule has 14 heteroatoms. The van der Waals surface area contributed by atoms with Gasteiger partial charge in [-0.3, -0.25) is 19.9 Å². The van der Waals surface area contributed by atoms with Crippen LogP contribution in [0.25, 0.3) is 0 Å². The number of fused-ring (bicyclic) bond motifs is 3. The fraction of sp³-hybridized carbons (Fsp3) is 0.471. The molecule has 6 atom stereocenters. The lowest BCUT2D eigenvalue weighted by Gasteiger charge is -2.30. The van der Waals surface area contributed by atoms with Crippen LogP contribution in [0.3, 0.4) is 0 Å². The first-order valence-corrected chi connectivity index (χ1v) is 15.9. The third-order valence-corrected chi connectivity index (χ3v) is 7.95. The third kappa shape index (κ3) is 10.6. The van der Waals surface area contributed by atoms with E-state index in [9.17, 15) is 28.7 Å². The molecule has 0 aromatic carbocycles. The minimum atomic E-state index is -1.50. The Morgan fingerprint density at radius 1 is 1.29 bits per heavy atom. The number of aliphatic hydroxyl groups excluding tert-OH is 1. The number of ether oxygens (including phenoxy) is 2. The predicted molar refractivity (Wildman–Crippen MR) is 172 cm³/mol. The van der Waals surface area contributed by atoms with Crippen molar-refractivity contribution in [1.29, 1.82) is 0 Å². The number of halogens is 1. The van der Waals surface area contributed by atoms with Gasteiger partial charge in [-0.15, -0.1) is 0 Å². The Bertz CT molecular complexity index is 1510. The molecule has 3 N–H and O–H groups in total. The van der Waals surface area contributed by atoms with Crippen LogP contribution in [0.1, 0.15) is 56.4 Å². The molecule has 4 heterocycles. The number of anilines is 1. The Hall–Kier alpha value is -4.85. The summed E-state index contributed by atoms with van der Waals surface area (Å²) in [5, 5.41) is 15.6. The molecule has 4 rings (SSSR count). The average molecular weight is 668 g/mol. The number of nitrogens with zero attached hydrogens (tertiary/aromatic N) is 3. The number of aromatic nitrogens is 2. The minimum Gasteiger partial charge on any atom is -0.460 e. The number of carbonyl (C=O) groups is 4. The maximum atomic E-state index is 14.8. The Morgan fingerprint density at radius 3 is 2.88 bits per heavy atom. The van der Waals surface area contributed by atoms with E-state index in [4.69, 9.17) is 13.9 Å². The average Bonchev–Trinajstić information content (AvgIpc) is 3.73. The number of carbonyl (C=O) groups excluding carboxylic acids is 4. The SMILES string of the molecule is CC1=C\[C@@H](O)C[C@@H](F)Cc2nc(co2)C(=O)N2CCC[C@@H]2C(=O)O[C@H]([C@@H](C)COC(=O)Nc2cccnc2)[C@H](C)/C=C/C(=O)NC\C=C\1. The molecule has 1 saturated heterocycles. The fourth-order valence-electron chi connectivity index (χ4n) is 5.53. The number of esters is 1. The summed E-state index contributed by atoms with van der Waals surface area (Å²) in [6.07, 6.45) is 8.27. The summed E-state index contributed by atoms with van der Waals surface area (Å²) < 4.78 is 31.6. The van der Waals surface area contributed by atoms with Crippen molar-refractivity contribution in [2.24, 2.45) is 11.8 Å². The molecule has 3 amide bonds. The van der Waals surface area contributed by atoms with Crippen LogP contribution >= 0.6 is 0 Å². The first-order valence-electron chi connectivity index (χ1n) is 15.9. The monoisotopic (exact) mass is 667 g/mol. The molecule has 0 unspecified atom stereocenters. The molecule has 1 fully saturated rings. The maximum Gasteiger partial charge on any atom is 0.411 e. The number of nitrogens with one attached hydrogen (secondary N) is 2. The number of amides is 3. The molecule has 2 aromatic heterocycles. The van der Waals surface area contributed by atoms with Crippen molar-refractivity contribution < 1.29 is 42.6 Å². The number of aliphatic hydroxyl groups is 1. The number of oxazole rings is 1. The second-order valence-corrected chi connectivity index (χ2v) is 12.0. The smallest absolute Gasteiger partial charge is 0.411 e. The van der Waals surface area contributed by atoms with Crippen LogP contribution in [0.2, 0.25) is 0 Å². The summed E-state index contributed by atoms with van der Waals surface area (Å²) in [6, 6.07) is 2.39. The number of hydrogen-bond acceptors (Lipinski definition) is 10. The molecular weight excluding hydrogens is 625 g/mol. The van der Waals surface area contributed by atoms with Gasteiger partial charge in [0.2, 0.25) is 5.91 Å². The summed E-state index contributed by atoms with van der Waals surface area (Å²) in [5.74, 6) is -2.63. The molecule has 258 valence electrons. The Balaban J connectivity index is 1.54. The zero-order chi connectivity index (χ0) is 34.6. The van der Waals surface area contributed by atoms with E-state index in [-0.39, 0.29) is 44.1 Å². The number of alkyl halides is 1. The van der Waals surface area contributed by atoms with Crippen LogP contribution in [0.15, 0.2) is 71.2 Å². The second kappa shape index (κ2) is 17.3. The highest BCUT2D eigenvalue weighted by atomic mass is 19.1. The Kier molecular flexibility index (Phi) is 13.0. The largest absolute Gasteiger partial charge is 0.460 e. The highest BCUT2D eigenvalue weighted by Crippen LogP contribution is 2.26. The molecule has 2 bridgehead atoms. The van der Waals surface area contributed by atoms with Crippen LogP contribution in [-0.2, 0) is 25.5 Å². The van der Waals surface area contributed by atoms with E-state index in [0.29, 0.717) is 24.1 Å². The molecule has 2 aliphatic rings. The van der Waals surface area contributed by atoms with E-state index in [0.717, 1.165) is 6.26 Å². The van der Waals surface area contributed by atoms with Gasteiger partial charge in [-0.25, -0.2) is 19.0 Å². The number of allylic oxidation sites excluding steroid dienone is 2. The predicted octanol–water partition coefficient (Wildman–Crippen LogP) is 3.93. The van der Waals surface area contributed by atoms with E-state index < -0.39 is 60.1 Å². The maximum absolute atomic E-state index is 14.8. The number of hydrogen-bond donors (Lipinski definition) is 3. The molecule has 0 aliphatic carbocycles. The number of rotatable bonds is 4. The standard InChI is InChI=1S/C34H42FN5O8/c1-21-7-4-13-37-29(42)11-10-22(2)31(23(3)19-47-34(45)38-25-8-5-12-36-18-25)48-33(44)28-9-6-14-40(28)32(43)27-20-46-30(39-27)17-24(35)16-26(41)15-21/h4-5,7-8,10-12,15,18,20,22-24,26,28,31,41H,6,9,13-14,16-17,19H2,1-3H3,(H,37,42)(H,38,45)/b7-4+,11-10+,21-15+/t22-,23+,24-,26-,28-,31+/m1/s1. The highest BCUT2D eigenvalue weighted by molar-refractivity contribution is 5.95. The summed E-state index contributed by atoms with van der Waals surface area (Å²) in [6.45, 7) is 5.59. The molecule has 0 saturated carbocycles. The highest BCUT2D eigenvalue weighted by Gasteiger charge is 2.39. The summed E-state index contributed by atoms with van der Waals surface area (Å²) in [7, 11) is 0. The fourth-order valence-corrected chi connectivity index (χ4v) is 5.53. The van der Waals surface area contributed by atoms with Gasteiger partial charge in [0, 0.05) is 37.5 Å². The van der Waals surface area contributed by atoms with Gasteiger partial charge in [0.1, 0.15) is 24.6 Å². The molecule has 0 radical (unpaired) electrons. The van der Waals surface area contributed by atoms with E-state index in [1.54, 1.807) is 57.3 Å². The normalized spacial score (nSPS) is 27.8. The first-order chi connectivity index (χ1) is 23.0. The van der Waals surface area contributed by atoms with E-state index in [1.807, 2.05) is 0 Å². The van der Waals surface area contributed by atoms with Crippen molar-refractivity contribution in [3.63, 3.8) is 0 Å².